The van der Waals surface area contributed by atoms with Crippen LogP contribution in [0.1, 0.15) is 6.92 Å². The van der Waals surface area contributed by atoms with Crippen molar-refractivity contribution in [2.45, 2.75) is 6.92 Å². The Labute approximate surface area is 291 Å². The minimum Gasteiger partial charge on any atom is -0.262 e. The average molecular weight is 657 g/mol. The predicted octanol–water partition coefficient (Wildman–Crippen LogP) is 13.0. The quantitative estimate of drug-likeness (QED) is 0.140. The lowest BCUT2D eigenvalue weighted by molar-refractivity contribution is 1.31. The number of rotatable bonds is 4. The number of thiophene rings is 1. The molecule has 2 heterocycles. The molecule has 2 aromatic heterocycles. The molecule has 0 aliphatic carbocycles. The maximum Gasteiger partial charge on any atom is 0.0971 e. The van der Waals surface area contributed by atoms with E-state index in [-0.39, 0.29) is 0 Å². The minimum absolute atomic E-state index is 0.817. The highest BCUT2D eigenvalue weighted by Gasteiger charge is 2.16. The van der Waals surface area contributed by atoms with E-state index < -0.39 is 0 Å². The highest BCUT2D eigenvalue weighted by atomic mass is 32.1. The fourth-order valence-corrected chi connectivity index (χ4v) is 8.77. The summed E-state index contributed by atoms with van der Waals surface area (Å²) in [6.45, 7) is 5.85. The summed E-state index contributed by atoms with van der Waals surface area (Å²) in [5, 5.41) is 11.6. The summed E-state index contributed by atoms with van der Waals surface area (Å²) in [4.78, 5) is 18.8. The summed E-state index contributed by atoms with van der Waals surface area (Å²) >= 11 is 1.84. The number of benzene rings is 8. The molecule has 0 aliphatic heterocycles. The van der Waals surface area contributed by atoms with E-state index in [0.717, 1.165) is 65.9 Å². The molecule has 0 atom stereocenters. The fourth-order valence-electron chi connectivity index (χ4n) is 7.70. The van der Waals surface area contributed by atoms with Gasteiger partial charge in [-0.2, -0.15) is 0 Å². The van der Waals surface area contributed by atoms with Crippen LogP contribution < -0.4 is 0 Å². The van der Waals surface area contributed by atoms with Gasteiger partial charge in [-0.25, -0.2) is 0 Å². The molecule has 5 heteroatoms. The van der Waals surface area contributed by atoms with Crippen molar-refractivity contribution in [3.05, 3.63) is 134 Å². The third-order valence-electron chi connectivity index (χ3n) is 9.97. The molecule has 0 aliphatic rings. The molecule has 0 spiro atoms. The summed E-state index contributed by atoms with van der Waals surface area (Å²) < 4.78 is 2.54. The SMILES string of the molecule is C=Nc1c(/N=C\C)c2cc(-c3ccc4sc5ccc(-c6ccc7c8ccccc8c8nccnc8c7c6)cc5c4c3)ccc2c2ccccc12. The molecule has 0 N–H and O–H groups in total. The number of fused-ring (bicyclic) bond motifs is 12. The smallest absolute Gasteiger partial charge is 0.0971 e. The van der Waals surface area contributed by atoms with Crippen molar-refractivity contribution < 1.29 is 0 Å². The maximum absolute atomic E-state index is 4.80. The lowest BCUT2D eigenvalue weighted by atomic mass is 9.94. The first kappa shape index (κ1) is 28.7. The first-order chi connectivity index (χ1) is 24.7. The molecule has 0 saturated carbocycles. The summed E-state index contributed by atoms with van der Waals surface area (Å²) in [7, 11) is 0. The third kappa shape index (κ3) is 4.24. The largest absolute Gasteiger partial charge is 0.262 e. The molecule has 8 aromatic carbocycles. The number of nitrogens with zero attached hydrogens (tertiary/aromatic N) is 4. The summed E-state index contributed by atoms with van der Waals surface area (Å²) in [5.41, 5.74) is 8.19. The number of aliphatic imine (C=N–C) groups is 2. The van der Waals surface area contributed by atoms with Gasteiger partial charge in [-0.05, 0) is 93.8 Å². The van der Waals surface area contributed by atoms with E-state index in [9.17, 15) is 0 Å². The van der Waals surface area contributed by atoms with E-state index in [4.69, 9.17) is 15.0 Å². The van der Waals surface area contributed by atoms with Gasteiger partial charge in [0.2, 0.25) is 0 Å². The van der Waals surface area contributed by atoms with Crippen molar-refractivity contribution in [3.63, 3.8) is 0 Å². The molecule has 0 radical (unpaired) electrons. The lowest BCUT2D eigenvalue weighted by Gasteiger charge is -2.13. The molecule has 50 heavy (non-hydrogen) atoms. The van der Waals surface area contributed by atoms with Gasteiger partial charge in [-0.1, -0.05) is 84.9 Å². The van der Waals surface area contributed by atoms with Crippen molar-refractivity contribution in [3.8, 4) is 22.3 Å². The van der Waals surface area contributed by atoms with Gasteiger partial charge in [0, 0.05) is 60.3 Å². The zero-order valence-electron chi connectivity index (χ0n) is 27.2. The van der Waals surface area contributed by atoms with Crippen LogP contribution in [0, 0.1) is 0 Å². The minimum atomic E-state index is 0.817. The second kappa shape index (κ2) is 11.1. The zero-order valence-corrected chi connectivity index (χ0v) is 28.0. The Kier molecular flexibility index (Phi) is 6.38. The molecular weight excluding hydrogens is 629 g/mol. The summed E-state index contributed by atoms with van der Waals surface area (Å²) in [6, 6.07) is 44.0. The van der Waals surface area contributed by atoms with Crippen LogP contribution in [0.3, 0.4) is 0 Å². The van der Waals surface area contributed by atoms with Crippen LogP contribution in [0.5, 0.6) is 0 Å². The van der Waals surface area contributed by atoms with Gasteiger partial charge in [0.15, 0.2) is 0 Å². The molecule has 234 valence electrons. The Morgan fingerprint density at radius 2 is 0.940 bits per heavy atom. The van der Waals surface area contributed by atoms with E-state index in [1.54, 1.807) is 12.4 Å². The van der Waals surface area contributed by atoms with Crippen molar-refractivity contribution >= 4 is 110 Å². The van der Waals surface area contributed by atoms with E-state index in [1.807, 2.05) is 30.5 Å². The van der Waals surface area contributed by atoms with Crippen molar-refractivity contribution in [2.24, 2.45) is 9.98 Å². The normalized spacial score (nSPS) is 12.1. The number of hydrogen-bond donors (Lipinski definition) is 0. The predicted molar refractivity (Wildman–Crippen MR) is 216 cm³/mol. The first-order valence-corrected chi connectivity index (χ1v) is 17.5. The van der Waals surface area contributed by atoms with Gasteiger partial charge in [0.05, 0.1) is 22.4 Å². The standard InChI is InChI=1S/C45H28N4S/c1-3-47-44-38-24-26(12-16-32(38)30-8-4-6-10-34(30)42(44)46-2)28-14-18-40-36(22-28)37-23-29(15-19-41(37)50-40)27-13-17-33-31-9-5-7-11-35(31)43-45(39(33)25-27)49-21-20-48-43/h3-25H,2H2,1H3/b47-3-. The zero-order chi connectivity index (χ0) is 33.3. The van der Waals surface area contributed by atoms with Gasteiger partial charge in [0.25, 0.3) is 0 Å². The molecule has 0 unspecified atom stereocenters. The number of aromatic nitrogens is 2. The second-order valence-corrected chi connectivity index (χ2v) is 13.7. The second-order valence-electron chi connectivity index (χ2n) is 12.6. The van der Waals surface area contributed by atoms with Crippen molar-refractivity contribution in [1.82, 2.24) is 9.97 Å². The lowest BCUT2D eigenvalue weighted by Crippen LogP contribution is -1.89. The Bertz CT molecular complexity index is 3050. The topological polar surface area (TPSA) is 50.5 Å². The average Bonchev–Trinajstić information content (AvgIpc) is 3.55. The Morgan fingerprint density at radius 1 is 0.480 bits per heavy atom. The van der Waals surface area contributed by atoms with Crippen molar-refractivity contribution in [2.75, 3.05) is 0 Å². The molecule has 0 bridgehead atoms. The first-order valence-electron chi connectivity index (χ1n) is 16.7. The van der Waals surface area contributed by atoms with Crippen LogP contribution >= 0.6 is 11.3 Å². The molecule has 10 rings (SSSR count). The summed E-state index contributed by atoms with van der Waals surface area (Å²) in [6.07, 6.45) is 5.40. The van der Waals surface area contributed by atoms with E-state index in [2.05, 4.69) is 127 Å². The number of hydrogen-bond acceptors (Lipinski definition) is 5. The monoisotopic (exact) mass is 656 g/mol. The van der Waals surface area contributed by atoms with Gasteiger partial charge >= 0.3 is 0 Å². The van der Waals surface area contributed by atoms with Crippen LogP contribution in [0.4, 0.5) is 11.4 Å². The van der Waals surface area contributed by atoms with E-state index in [0.29, 0.717) is 0 Å². The molecule has 0 fully saturated rings. The van der Waals surface area contributed by atoms with Crippen LogP contribution in [-0.2, 0) is 0 Å². The molecule has 0 amide bonds. The van der Waals surface area contributed by atoms with Gasteiger partial charge < -0.3 is 0 Å². The van der Waals surface area contributed by atoms with Crippen LogP contribution in [-0.4, -0.2) is 22.9 Å². The summed E-state index contributed by atoms with van der Waals surface area (Å²) in [5.74, 6) is 0. The fraction of sp³-hybridized carbons (Fsp3) is 0.0222. The van der Waals surface area contributed by atoms with Crippen molar-refractivity contribution in [1.29, 1.82) is 0 Å². The van der Waals surface area contributed by atoms with Gasteiger partial charge in [-0.3, -0.25) is 20.0 Å². The molecule has 4 nitrogen and oxygen atoms in total. The van der Waals surface area contributed by atoms with Gasteiger partial charge in [-0.15, -0.1) is 11.3 Å². The highest BCUT2D eigenvalue weighted by molar-refractivity contribution is 7.25. The molecular formula is C45H28N4S. The highest BCUT2D eigenvalue weighted by Crippen LogP contribution is 2.45. The Hall–Kier alpha value is -6.30. The molecule has 10 aromatic rings. The van der Waals surface area contributed by atoms with E-state index in [1.165, 1.54) is 42.1 Å². The van der Waals surface area contributed by atoms with Gasteiger partial charge in [0.1, 0.15) is 0 Å². The van der Waals surface area contributed by atoms with Crippen LogP contribution in [0.25, 0.3) is 96.5 Å². The third-order valence-corrected chi connectivity index (χ3v) is 11.1. The van der Waals surface area contributed by atoms with E-state index >= 15 is 0 Å². The van der Waals surface area contributed by atoms with Crippen LogP contribution in [0.2, 0.25) is 0 Å². The Morgan fingerprint density at radius 3 is 1.54 bits per heavy atom. The van der Waals surface area contributed by atoms with Crippen LogP contribution in [0.15, 0.2) is 144 Å². The maximum atomic E-state index is 4.80. The Balaban J connectivity index is 1.14. The molecule has 0 saturated heterocycles.